The number of hydrogen-bond donors (Lipinski definition) is 1. The highest BCUT2D eigenvalue weighted by molar-refractivity contribution is 5.89. The molecule has 14 heavy (non-hydrogen) atoms. The van der Waals surface area contributed by atoms with E-state index in [1.54, 1.807) is 12.1 Å². The topological polar surface area (TPSA) is 89.7 Å². The van der Waals surface area contributed by atoms with E-state index in [0.717, 1.165) is 0 Å². The number of carbonyl (C=O) groups is 1. The molecule has 0 saturated heterocycles. The molecular formula is C8H7NO5. The Morgan fingerprint density at radius 2 is 2.14 bits per heavy atom. The van der Waals surface area contributed by atoms with Gasteiger partial charge in [0.25, 0.3) is 5.09 Å². The number of rotatable bonds is 4. The van der Waals surface area contributed by atoms with Gasteiger partial charge in [-0.2, -0.15) is 0 Å². The van der Waals surface area contributed by atoms with Crippen molar-refractivity contribution >= 4 is 5.97 Å². The normalized spacial score (nSPS) is 9.43. The minimum Gasteiger partial charge on any atom is -0.478 e. The van der Waals surface area contributed by atoms with Crippen molar-refractivity contribution in [2.24, 2.45) is 0 Å². The van der Waals surface area contributed by atoms with E-state index < -0.39 is 11.1 Å². The molecule has 1 N–H and O–H groups in total. The lowest BCUT2D eigenvalue weighted by molar-refractivity contribution is -0.763. The molecule has 0 aliphatic carbocycles. The maximum atomic E-state index is 10.6. The van der Waals surface area contributed by atoms with Crippen molar-refractivity contribution < 1.29 is 19.8 Å². The molecule has 0 aromatic heterocycles. The van der Waals surface area contributed by atoms with Crippen molar-refractivity contribution in [1.29, 1.82) is 0 Å². The van der Waals surface area contributed by atoms with Gasteiger partial charge in [-0.05, 0) is 11.6 Å². The molecule has 0 bridgehead atoms. The first kappa shape index (κ1) is 9.97. The van der Waals surface area contributed by atoms with Crippen molar-refractivity contribution in [1.82, 2.24) is 0 Å². The molecule has 0 fully saturated rings. The second-order valence-corrected chi connectivity index (χ2v) is 2.46. The summed E-state index contributed by atoms with van der Waals surface area (Å²) in [4.78, 5) is 24.6. The molecular weight excluding hydrogens is 190 g/mol. The van der Waals surface area contributed by atoms with Crippen LogP contribution in [0.1, 0.15) is 15.9 Å². The van der Waals surface area contributed by atoms with Gasteiger partial charge in [0.2, 0.25) is 0 Å². The summed E-state index contributed by atoms with van der Waals surface area (Å²) in [5.41, 5.74) is 0.283. The van der Waals surface area contributed by atoms with Crippen LogP contribution in [0.25, 0.3) is 0 Å². The highest BCUT2D eigenvalue weighted by Crippen LogP contribution is 2.09. The first-order chi connectivity index (χ1) is 6.61. The zero-order valence-corrected chi connectivity index (χ0v) is 7.04. The van der Waals surface area contributed by atoms with Gasteiger partial charge in [0.05, 0.1) is 5.56 Å². The van der Waals surface area contributed by atoms with Crippen LogP contribution < -0.4 is 0 Å². The molecule has 0 atom stereocenters. The fourth-order valence-electron chi connectivity index (χ4n) is 0.977. The Bertz CT molecular complexity index is 363. The van der Waals surface area contributed by atoms with Gasteiger partial charge < -0.3 is 9.94 Å². The van der Waals surface area contributed by atoms with Gasteiger partial charge in [-0.15, -0.1) is 10.1 Å². The average Bonchev–Trinajstić information content (AvgIpc) is 2.15. The van der Waals surface area contributed by atoms with Gasteiger partial charge in [0.15, 0.2) is 0 Å². The van der Waals surface area contributed by atoms with Gasteiger partial charge in [-0.25, -0.2) is 4.79 Å². The van der Waals surface area contributed by atoms with E-state index in [4.69, 9.17) is 5.11 Å². The second kappa shape index (κ2) is 4.22. The first-order valence-electron chi connectivity index (χ1n) is 3.70. The zero-order chi connectivity index (χ0) is 10.6. The Labute approximate surface area is 78.8 Å². The van der Waals surface area contributed by atoms with E-state index >= 15 is 0 Å². The van der Waals surface area contributed by atoms with E-state index in [1.165, 1.54) is 12.1 Å². The van der Waals surface area contributed by atoms with Crippen LogP contribution in [0.2, 0.25) is 0 Å². The van der Waals surface area contributed by atoms with Crippen LogP contribution in [-0.4, -0.2) is 16.2 Å². The van der Waals surface area contributed by atoms with Gasteiger partial charge in [0, 0.05) is 0 Å². The minimum absolute atomic E-state index is 0.00866. The van der Waals surface area contributed by atoms with Crippen LogP contribution in [0.5, 0.6) is 0 Å². The minimum atomic E-state index is -1.13. The standard InChI is InChI=1S/C8H7NO5/c10-8(11)7-4-2-1-3-6(7)5-14-9(12)13/h1-4H,5H2,(H,10,11). The lowest BCUT2D eigenvalue weighted by atomic mass is 10.1. The highest BCUT2D eigenvalue weighted by atomic mass is 16.9. The van der Waals surface area contributed by atoms with Crippen LogP contribution in [0.3, 0.4) is 0 Å². The monoisotopic (exact) mass is 197 g/mol. The molecule has 6 nitrogen and oxygen atoms in total. The highest BCUT2D eigenvalue weighted by Gasteiger charge is 2.09. The maximum absolute atomic E-state index is 10.6. The van der Waals surface area contributed by atoms with E-state index in [0.29, 0.717) is 0 Å². The van der Waals surface area contributed by atoms with E-state index in [-0.39, 0.29) is 17.7 Å². The summed E-state index contributed by atoms with van der Waals surface area (Å²) in [6, 6.07) is 5.96. The third-order valence-electron chi connectivity index (χ3n) is 1.57. The third kappa shape index (κ3) is 2.44. The number of aromatic carboxylic acids is 1. The lowest BCUT2D eigenvalue weighted by Gasteiger charge is -2.03. The maximum Gasteiger partial charge on any atom is 0.336 e. The molecule has 74 valence electrons. The van der Waals surface area contributed by atoms with Crippen molar-refractivity contribution in [3.05, 3.63) is 45.5 Å². The number of hydrogen-bond acceptors (Lipinski definition) is 4. The van der Waals surface area contributed by atoms with Crippen LogP contribution in [0.15, 0.2) is 24.3 Å². The van der Waals surface area contributed by atoms with Crippen molar-refractivity contribution in [3.63, 3.8) is 0 Å². The van der Waals surface area contributed by atoms with E-state index in [1.807, 2.05) is 0 Å². The molecule has 0 spiro atoms. The summed E-state index contributed by atoms with van der Waals surface area (Å²) < 4.78 is 0. The van der Waals surface area contributed by atoms with Crippen molar-refractivity contribution in [2.45, 2.75) is 6.61 Å². The Hall–Kier alpha value is -2.11. The van der Waals surface area contributed by atoms with E-state index in [2.05, 4.69) is 4.84 Å². The van der Waals surface area contributed by atoms with Gasteiger partial charge >= 0.3 is 5.97 Å². The molecule has 0 amide bonds. The fourth-order valence-corrected chi connectivity index (χ4v) is 0.977. The van der Waals surface area contributed by atoms with Crippen LogP contribution in [0, 0.1) is 10.1 Å². The largest absolute Gasteiger partial charge is 0.478 e. The molecule has 0 saturated carbocycles. The summed E-state index contributed by atoms with van der Waals surface area (Å²) in [5, 5.41) is 17.6. The molecule has 0 heterocycles. The predicted octanol–water partition coefficient (Wildman–Crippen LogP) is 1.09. The molecule has 0 radical (unpaired) electrons. The Morgan fingerprint density at radius 1 is 1.50 bits per heavy atom. The number of carboxylic acids is 1. The lowest BCUT2D eigenvalue weighted by Crippen LogP contribution is -2.06. The molecule has 1 aromatic rings. The Morgan fingerprint density at radius 3 is 2.71 bits per heavy atom. The van der Waals surface area contributed by atoms with Crippen LogP contribution >= 0.6 is 0 Å². The van der Waals surface area contributed by atoms with Crippen molar-refractivity contribution in [2.75, 3.05) is 0 Å². The van der Waals surface area contributed by atoms with Crippen molar-refractivity contribution in [3.8, 4) is 0 Å². The average molecular weight is 197 g/mol. The molecule has 6 heteroatoms. The molecule has 0 aliphatic heterocycles. The number of carboxylic acid groups (broad SMARTS) is 1. The molecule has 0 aliphatic rings. The van der Waals surface area contributed by atoms with Gasteiger partial charge in [0.1, 0.15) is 6.61 Å². The summed E-state index contributed by atoms with van der Waals surface area (Å²) in [5.74, 6) is -1.13. The van der Waals surface area contributed by atoms with Crippen LogP contribution in [0.4, 0.5) is 0 Å². The number of nitrogens with zero attached hydrogens (tertiary/aromatic N) is 1. The van der Waals surface area contributed by atoms with Gasteiger partial charge in [-0.3, -0.25) is 0 Å². The predicted molar refractivity (Wildman–Crippen MR) is 45.2 cm³/mol. The summed E-state index contributed by atoms with van der Waals surface area (Å²) in [6.45, 7) is -0.352. The van der Waals surface area contributed by atoms with E-state index in [9.17, 15) is 14.9 Å². The Balaban J connectivity index is 2.84. The summed E-state index contributed by atoms with van der Waals surface area (Å²) in [7, 11) is 0. The fraction of sp³-hybridized carbons (Fsp3) is 0.125. The first-order valence-corrected chi connectivity index (χ1v) is 3.70. The second-order valence-electron chi connectivity index (χ2n) is 2.46. The summed E-state index contributed by atoms with van der Waals surface area (Å²) in [6.07, 6.45) is 0. The quantitative estimate of drug-likeness (QED) is 0.576. The summed E-state index contributed by atoms with van der Waals surface area (Å²) >= 11 is 0. The molecule has 0 unspecified atom stereocenters. The van der Waals surface area contributed by atoms with Crippen LogP contribution in [-0.2, 0) is 11.4 Å². The third-order valence-corrected chi connectivity index (χ3v) is 1.57. The Kier molecular flexibility index (Phi) is 3.01. The van der Waals surface area contributed by atoms with Gasteiger partial charge in [-0.1, -0.05) is 18.2 Å². The SMILES string of the molecule is O=C(O)c1ccccc1CO[N+](=O)[O-]. The molecule has 1 rings (SSSR count). The zero-order valence-electron chi connectivity index (χ0n) is 7.04. The smallest absolute Gasteiger partial charge is 0.336 e. The number of benzene rings is 1. The molecule has 1 aromatic carbocycles.